The van der Waals surface area contributed by atoms with Crippen LogP contribution in [0.25, 0.3) is 0 Å². The number of piperidine rings is 1. The highest BCUT2D eigenvalue weighted by Gasteiger charge is 2.33. The number of carbonyl (C=O) groups is 2. The molecule has 2 amide bonds. The average Bonchev–Trinajstić information content (AvgIpc) is 3.46. The maximum absolute atomic E-state index is 13.0. The third kappa shape index (κ3) is 4.64. The van der Waals surface area contributed by atoms with Crippen LogP contribution in [0.4, 0.5) is 0 Å². The number of nitrogens with zero attached hydrogens (tertiary/aromatic N) is 3. The summed E-state index contributed by atoms with van der Waals surface area (Å²) >= 11 is 3.29. The summed E-state index contributed by atoms with van der Waals surface area (Å²) in [6, 6.07) is 8.07. The normalized spacial score (nSPS) is 21.1. The summed E-state index contributed by atoms with van der Waals surface area (Å²) in [5.41, 5.74) is 0. The van der Waals surface area contributed by atoms with Crippen molar-refractivity contribution in [1.82, 2.24) is 14.7 Å². The van der Waals surface area contributed by atoms with Crippen LogP contribution in [-0.4, -0.2) is 72.3 Å². The summed E-state index contributed by atoms with van der Waals surface area (Å²) in [7, 11) is 0. The van der Waals surface area contributed by atoms with E-state index < -0.39 is 0 Å². The first-order valence-electron chi connectivity index (χ1n) is 10.1. The molecule has 2 aromatic rings. The zero-order valence-electron chi connectivity index (χ0n) is 16.1. The van der Waals surface area contributed by atoms with Gasteiger partial charge >= 0.3 is 0 Å². The van der Waals surface area contributed by atoms with Crippen LogP contribution in [0.2, 0.25) is 0 Å². The Morgan fingerprint density at radius 1 is 0.964 bits per heavy atom. The molecule has 0 aromatic carbocycles. The lowest BCUT2D eigenvalue weighted by Gasteiger charge is -2.39. The number of hydrogen-bond acceptors (Lipinski definition) is 5. The zero-order valence-corrected chi connectivity index (χ0v) is 17.7. The third-order valence-electron chi connectivity index (χ3n) is 5.73. The van der Waals surface area contributed by atoms with Gasteiger partial charge in [-0.25, -0.2) is 0 Å². The summed E-state index contributed by atoms with van der Waals surface area (Å²) in [6.45, 7) is 5.89. The molecule has 1 unspecified atom stereocenters. The Bertz CT molecular complexity index is 768. The molecule has 0 bridgehead atoms. The van der Waals surface area contributed by atoms with Gasteiger partial charge in [0.25, 0.3) is 5.91 Å². The molecule has 5 nitrogen and oxygen atoms in total. The summed E-state index contributed by atoms with van der Waals surface area (Å²) in [5.74, 6) is 0.266. The van der Waals surface area contributed by atoms with E-state index in [2.05, 4.69) is 22.4 Å². The van der Waals surface area contributed by atoms with Crippen molar-refractivity contribution in [2.75, 3.05) is 45.8 Å². The Kier molecular flexibility index (Phi) is 6.44. The molecular weight excluding hydrogens is 390 g/mol. The van der Waals surface area contributed by atoms with Crippen molar-refractivity contribution in [2.45, 2.75) is 19.3 Å². The van der Waals surface area contributed by atoms with Gasteiger partial charge in [0, 0.05) is 50.7 Å². The number of carbonyl (C=O) groups excluding carboxylic acids is 2. The van der Waals surface area contributed by atoms with Gasteiger partial charge in [0.05, 0.1) is 10.8 Å². The molecule has 2 fully saturated rings. The molecule has 28 heavy (non-hydrogen) atoms. The Morgan fingerprint density at radius 2 is 1.75 bits per heavy atom. The molecule has 2 saturated heterocycles. The Labute approximate surface area is 174 Å². The third-order valence-corrected chi connectivity index (χ3v) is 7.52. The second-order valence-corrected chi connectivity index (χ2v) is 9.54. The smallest absolute Gasteiger partial charge is 0.263 e. The second-order valence-electron chi connectivity index (χ2n) is 7.56. The number of hydrogen-bond donors (Lipinski definition) is 0. The highest BCUT2D eigenvalue weighted by Crippen LogP contribution is 2.23. The highest BCUT2D eigenvalue weighted by molar-refractivity contribution is 7.12. The first kappa shape index (κ1) is 19.6. The minimum atomic E-state index is -0.0460. The van der Waals surface area contributed by atoms with Crippen molar-refractivity contribution >= 4 is 34.5 Å². The summed E-state index contributed by atoms with van der Waals surface area (Å²) < 4.78 is 0. The molecule has 1 atom stereocenters. The van der Waals surface area contributed by atoms with Crippen molar-refractivity contribution in [1.29, 1.82) is 0 Å². The molecule has 0 spiro atoms. The van der Waals surface area contributed by atoms with Crippen LogP contribution in [0.5, 0.6) is 0 Å². The van der Waals surface area contributed by atoms with Crippen molar-refractivity contribution < 1.29 is 9.59 Å². The Hall–Kier alpha value is -1.70. The highest BCUT2D eigenvalue weighted by atomic mass is 32.1. The summed E-state index contributed by atoms with van der Waals surface area (Å²) in [5, 5.41) is 4.06. The van der Waals surface area contributed by atoms with Crippen LogP contribution < -0.4 is 0 Å². The topological polar surface area (TPSA) is 43.9 Å². The second kappa shape index (κ2) is 9.20. The standard InChI is InChI=1S/C21H27N3O2S2/c25-20(17-4-1-8-24(16-17)21(26)19-6-3-15-28-19)23-12-10-22(11-13-23)9-7-18-5-2-14-27-18/h2-3,5-6,14-15,17H,1,4,7-13,16H2. The van der Waals surface area contributed by atoms with Gasteiger partial charge in [-0.2, -0.15) is 0 Å². The van der Waals surface area contributed by atoms with Crippen molar-refractivity contribution in [3.63, 3.8) is 0 Å². The molecular formula is C21H27N3O2S2. The first-order valence-corrected chi connectivity index (χ1v) is 11.8. The van der Waals surface area contributed by atoms with Gasteiger partial charge in [-0.15, -0.1) is 22.7 Å². The van der Waals surface area contributed by atoms with Gasteiger partial charge in [-0.05, 0) is 42.2 Å². The van der Waals surface area contributed by atoms with Crippen LogP contribution in [0.3, 0.4) is 0 Å². The van der Waals surface area contributed by atoms with Gasteiger partial charge in [0.2, 0.25) is 5.91 Å². The van der Waals surface area contributed by atoms with E-state index in [0.717, 1.165) is 63.4 Å². The molecule has 0 saturated carbocycles. The Morgan fingerprint density at radius 3 is 2.46 bits per heavy atom. The lowest BCUT2D eigenvalue weighted by atomic mass is 9.96. The lowest BCUT2D eigenvalue weighted by Crippen LogP contribution is -2.53. The van der Waals surface area contributed by atoms with E-state index in [9.17, 15) is 9.59 Å². The van der Waals surface area contributed by atoms with Crippen LogP contribution in [0.1, 0.15) is 27.4 Å². The van der Waals surface area contributed by atoms with E-state index in [1.165, 1.54) is 16.2 Å². The van der Waals surface area contributed by atoms with E-state index >= 15 is 0 Å². The van der Waals surface area contributed by atoms with E-state index in [-0.39, 0.29) is 17.7 Å². The van der Waals surface area contributed by atoms with Crippen molar-refractivity contribution in [3.8, 4) is 0 Å². The molecule has 0 aliphatic carbocycles. The molecule has 0 N–H and O–H groups in total. The van der Waals surface area contributed by atoms with E-state index in [1.54, 1.807) is 0 Å². The molecule has 0 radical (unpaired) electrons. The maximum Gasteiger partial charge on any atom is 0.263 e. The average molecular weight is 418 g/mol. The van der Waals surface area contributed by atoms with Gasteiger partial charge in [0.1, 0.15) is 0 Å². The number of likely N-dealkylation sites (tertiary alicyclic amines) is 1. The van der Waals surface area contributed by atoms with Gasteiger partial charge in [-0.1, -0.05) is 12.1 Å². The number of rotatable bonds is 5. The fourth-order valence-electron chi connectivity index (χ4n) is 4.09. The zero-order chi connectivity index (χ0) is 19.3. The largest absolute Gasteiger partial charge is 0.340 e. The molecule has 7 heteroatoms. The Balaban J connectivity index is 1.26. The fraction of sp³-hybridized carbons (Fsp3) is 0.524. The van der Waals surface area contributed by atoms with Crippen LogP contribution in [-0.2, 0) is 11.2 Å². The number of piperazine rings is 1. The van der Waals surface area contributed by atoms with E-state index in [0.29, 0.717) is 6.54 Å². The molecule has 2 aliphatic rings. The minimum absolute atomic E-state index is 0.0460. The summed E-state index contributed by atoms with van der Waals surface area (Å²) in [6.07, 6.45) is 2.90. The molecule has 4 heterocycles. The molecule has 4 rings (SSSR count). The predicted molar refractivity (Wildman–Crippen MR) is 114 cm³/mol. The number of amides is 2. The predicted octanol–water partition coefficient (Wildman–Crippen LogP) is 3.05. The first-order chi connectivity index (χ1) is 13.7. The van der Waals surface area contributed by atoms with Crippen LogP contribution >= 0.6 is 22.7 Å². The fourth-order valence-corrected chi connectivity index (χ4v) is 5.48. The molecule has 2 aliphatic heterocycles. The monoisotopic (exact) mass is 417 g/mol. The quantitative estimate of drug-likeness (QED) is 0.751. The maximum atomic E-state index is 13.0. The molecule has 150 valence electrons. The van der Waals surface area contributed by atoms with E-state index in [4.69, 9.17) is 0 Å². The SMILES string of the molecule is O=C(c1cccs1)N1CCCC(C(=O)N2CCN(CCc3cccs3)CC2)C1. The van der Waals surface area contributed by atoms with Gasteiger partial charge in [0.15, 0.2) is 0 Å². The van der Waals surface area contributed by atoms with E-state index in [1.807, 2.05) is 38.6 Å². The summed E-state index contributed by atoms with van der Waals surface area (Å²) in [4.78, 5) is 34.2. The van der Waals surface area contributed by atoms with Crippen molar-refractivity contribution in [2.24, 2.45) is 5.92 Å². The van der Waals surface area contributed by atoms with Gasteiger partial charge < -0.3 is 9.80 Å². The van der Waals surface area contributed by atoms with Crippen LogP contribution in [0.15, 0.2) is 35.0 Å². The lowest BCUT2D eigenvalue weighted by molar-refractivity contribution is -0.138. The molecule has 2 aromatic heterocycles. The number of thiophene rings is 2. The minimum Gasteiger partial charge on any atom is -0.340 e. The van der Waals surface area contributed by atoms with Crippen LogP contribution in [0, 0.1) is 5.92 Å². The van der Waals surface area contributed by atoms with Gasteiger partial charge in [-0.3, -0.25) is 14.5 Å². The van der Waals surface area contributed by atoms with Crippen molar-refractivity contribution in [3.05, 3.63) is 44.8 Å².